The number of aliphatic hydroxyl groups is 1. The van der Waals surface area contributed by atoms with Crippen LogP contribution >= 0.6 is 0 Å². The van der Waals surface area contributed by atoms with Gasteiger partial charge in [-0.05, 0) is 31.4 Å². The average molecular weight is 291 g/mol. The lowest BCUT2D eigenvalue weighted by molar-refractivity contribution is 0.0155. The molecular formula is C16H25N3O2. The minimum Gasteiger partial charge on any atom is -0.388 e. The van der Waals surface area contributed by atoms with Gasteiger partial charge in [0.15, 0.2) is 0 Å². The number of nitrogens with zero attached hydrogens (tertiary/aromatic N) is 2. The molecule has 2 N–H and O–H groups in total. The first-order valence-corrected chi connectivity index (χ1v) is 7.72. The van der Waals surface area contributed by atoms with Crippen LogP contribution in [0.15, 0.2) is 18.3 Å². The fourth-order valence-corrected chi connectivity index (χ4v) is 2.79. The van der Waals surface area contributed by atoms with Crippen molar-refractivity contribution >= 4 is 11.6 Å². The highest BCUT2D eigenvalue weighted by atomic mass is 16.3. The van der Waals surface area contributed by atoms with E-state index in [1.54, 1.807) is 24.2 Å². The van der Waals surface area contributed by atoms with Gasteiger partial charge in [-0.1, -0.05) is 19.8 Å². The van der Waals surface area contributed by atoms with Gasteiger partial charge in [-0.25, -0.2) is 4.98 Å². The van der Waals surface area contributed by atoms with E-state index in [4.69, 9.17) is 0 Å². The number of carbonyl (C=O) groups excluding carboxylic acids is 1. The monoisotopic (exact) mass is 291 g/mol. The summed E-state index contributed by atoms with van der Waals surface area (Å²) in [7, 11) is 1.73. The van der Waals surface area contributed by atoms with Crippen molar-refractivity contribution in [1.82, 2.24) is 9.88 Å². The van der Waals surface area contributed by atoms with Gasteiger partial charge in [0, 0.05) is 20.1 Å². The number of hydrogen-bond donors (Lipinski definition) is 2. The fourth-order valence-electron chi connectivity index (χ4n) is 2.79. The first-order valence-electron chi connectivity index (χ1n) is 7.72. The minimum atomic E-state index is -0.715. The molecule has 2 rings (SSSR count). The molecule has 1 saturated carbocycles. The largest absolute Gasteiger partial charge is 0.388 e. The van der Waals surface area contributed by atoms with Crippen LogP contribution in [0.3, 0.4) is 0 Å². The van der Waals surface area contributed by atoms with Crippen LogP contribution in [-0.4, -0.2) is 46.6 Å². The Hall–Kier alpha value is -1.62. The number of anilines is 1. The molecule has 116 valence electrons. The Morgan fingerprint density at radius 2 is 2.14 bits per heavy atom. The molecule has 1 aromatic heterocycles. The highest BCUT2D eigenvalue weighted by Gasteiger charge is 2.33. The van der Waals surface area contributed by atoms with Crippen LogP contribution in [0.25, 0.3) is 0 Å². The predicted octanol–water partition coefficient (Wildman–Crippen LogP) is 2.28. The Labute approximate surface area is 126 Å². The van der Waals surface area contributed by atoms with Crippen molar-refractivity contribution in [2.75, 3.05) is 25.5 Å². The zero-order valence-electron chi connectivity index (χ0n) is 12.9. The van der Waals surface area contributed by atoms with Crippen LogP contribution in [-0.2, 0) is 0 Å². The molecule has 0 atom stereocenters. The van der Waals surface area contributed by atoms with E-state index in [1.165, 1.54) is 0 Å². The molecule has 0 unspecified atom stereocenters. The summed E-state index contributed by atoms with van der Waals surface area (Å²) < 4.78 is 0. The third-order valence-electron chi connectivity index (χ3n) is 3.97. The Bertz CT molecular complexity index is 467. The zero-order valence-corrected chi connectivity index (χ0v) is 12.9. The molecular weight excluding hydrogens is 266 g/mol. The Morgan fingerprint density at radius 1 is 1.43 bits per heavy atom. The van der Waals surface area contributed by atoms with Crippen molar-refractivity contribution in [3.05, 3.63) is 24.0 Å². The molecule has 21 heavy (non-hydrogen) atoms. The van der Waals surface area contributed by atoms with Crippen molar-refractivity contribution in [1.29, 1.82) is 0 Å². The first-order chi connectivity index (χ1) is 10.0. The van der Waals surface area contributed by atoms with Gasteiger partial charge in [-0.2, -0.15) is 0 Å². The number of carbonyl (C=O) groups is 1. The number of amides is 1. The van der Waals surface area contributed by atoms with Crippen molar-refractivity contribution in [3.63, 3.8) is 0 Å². The summed E-state index contributed by atoms with van der Waals surface area (Å²) in [4.78, 5) is 18.1. The summed E-state index contributed by atoms with van der Waals surface area (Å²) in [6.45, 7) is 3.37. The summed E-state index contributed by atoms with van der Waals surface area (Å²) in [5.74, 6) is -0.141. The van der Waals surface area contributed by atoms with Crippen molar-refractivity contribution in [3.8, 4) is 0 Å². The predicted molar refractivity (Wildman–Crippen MR) is 83.4 cm³/mol. The lowest BCUT2D eigenvalue weighted by Gasteiger charge is -2.28. The van der Waals surface area contributed by atoms with Gasteiger partial charge < -0.3 is 15.3 Å². The second-order valence-electron chi connectivity index (χ2n) is 5.95. The second kappa shape index (κ2) is 6.89. The summed E-state index contributed by atoms with van der Waals surface area (Å²) in [5, 5.41) is 13.6. The Balaban J connectivity index is 1.95. The molecule has 0 radical (unpaired) electrons. The molecule has 1 fully saturated rings. The maximum atomic E-state index is 12.3. The molecule has 0 aromatic carbocycles. The van der Waals surface area contributed by atoms with Crippen LogP contribution in [0.4, 0.5) is 5.69 Å². The molecule has 5 nitrogen and oxygen atoms in total. The van der Waals surface area contributed by atoms with Crippen LogP contribution in [0.2, 0.25) is 0 Å². The Morgan fingerprint density at radius 3 is 2.71 bits per heavy atom. The highest BCUT2D eigenvalue weighted by Crippen LogP contribution is 2.30. The van der Waals surface area contributed by atoms with Crippen molar-refractivity contribution < 1.29 is 9.90 Å². The Kier molecular flexibility index (Phi) is 5.17. The number of pyridine rings is 1. The summed E-state index contributed by atoms with van der Waals surface area (Å²) in [6, 6.07) is 3.60. The van der Waals surface area contributed by atoms with Gasteiger partial charge in [0.1, 0.15) is 5.69 Å². The molecule has 5 heteroatoms. The third kappa shape index (κ3) is 4.17. The molecule has 0 aliphatic heterocycles. The van der Waals surface area contributed by atoms with Crippen LogP contribution < -0.4 is 5.32 Å². The molecule has 1 amide bonds. The van der Waals surface area contributed by atoms with Gasteiger partial charge in [0.25, 0.3) is 5.91 Å². The van der Waals surface area contributed by atoms with Crippen molar-refractivity contribution in [2.24, 2.45) is 0 Å². The molecule has 1 aliphatic rings. The van der Waals surface area contributed by atoms with Crippen LogP contribution in [0, 0.1) is 0 Å². The number of aromatic nitrogens is 1. The summed E-state index contributed by atoms with van der Waals surface area (Å²) >= 11 is 0. The minimum absolute atomic E-state index is 0.141. The third-order valence-corrected chi connectivity index (χ3v) is 3.97. The van der Waals surface area contributed by atoms with E-state index in [0.717, 1.165) is 44.3 Å². The summed E-state index contributed by atoms with van der Waals surface area (Å²) in [5.41, 5.74) is 0.624. The van der Waals surface area contributed by atoms with Gasteiger partial charge in [-0.15, -0.1) is 0 Å². The number of likely N-dealkylation sites (N-methyl/N-ethyl adjacent to an activating group) is 1. The maximum Gasteiger partial charge on any atom is 0.272 e. The lowest BCUT2D eigenvalue weighted by atomic mass is 10.0. The molecule has 0 spiro atoms. The number of hydrogen-bond acceptors (Lipinski definition) is 4. The van der Waals surface area contributed by atoms with E-state index in [-0.39, 0.29) is 5.91 Å². The standard InChI is InChI=1S/C16H25N3O2/c1-3-10-17-13-6-7-14(18-11-13)15(20)19(2)12-16(21)8-4-5-9-16/h6-7,11,17,21H,3-5,8-10,12H2,1-2H3. The number of nitrogens with one attached hydrogen (secondary N) is 1. The van der Waals surface area contributed by atoms with E-state index in [2.05, 4.69) is 17.2 Å². The topological polar surface area (TPSA) is 65.5 Å². The fraction of sp³-hybridized carbons (Fsp3) is 0.625. The highest BCUT2D eigenvalue weighted by molar-refractivity contribution is 5.92. The first kappa shape index (κ1) is 15.8. The normalized spacial score (nSPS) is 16.7. The molecule has 0 saturated heterocycles. The maximum absolute atomic E-state index is 12.3. The molecule has 1 aliphatic carbocycles. The van der Waals surface area contributed by atoms with E-state index in [9.17, 15) is 9.90 Å². The molecule has 0 bridgehead atoms. The smallest absolute Gasteiger partial charge is 0.272 e. The van der Waals surface area contributed by atoms with E-state index in [1.807, 2.05) is 6.07 Å². The molecule has 1 aromatic rings. The van der Waals surface area contributed by atoms with Gasteiger partial charge >= 0.3 is 0 Å². The van der Waals surface area contributed by atoms with Crippen molar-refractivity contribution in [2.45, 2.75) is 44.6 Å². The van der Waals surface area contributed by atoms with E-state index in [0.29, 0.717) is 12.2 Å². The van der Waals surface area contributed by atoms with Gasteiger partial charge in [0.2, 0.25) is 0 Å². The lowest BCUT2D eigenvalue weighted by Crippen LogP contribution is -2.42. The SMILES string of the molecule is CCCNc1ccc(C(=O)N(C)CC2(O)CCCC2)nc1. The number of rotatable bonds is 6. The molecule has 1 heterocycles. The van der Waals surface area contributed by atoms with E-state index < -0.39 is 5.60 Å². The second-order valence-corrected chi connectivity index (χ2v) is 5.95. The van der Waals surface area contributed by atoms with Gasteiger partial charge in [-0.3, -0.25) is 4.79 Å². The zero-order chi connectivity index (χ0) is 15.3. The van der Waals surface area contributed by atoms with Crippen LogP contribution in [0.1, 0.15) is 49.5 Å². The van der Waals surface area contributed by atoms with Crippen LogP contribution in [0.5, 0.6) is 0 Å². The summed E-state index contributed by atoms with van der Waals surface area (Å²) in [6.07, 6.45) is 6.35. The van der Waals surface area contributed by atoms with Gasteiger partial charge in [0.05, 0.1) is 17.5 Å². The average Bonchev–Trinajstić information content (AvgIpc) is 2.91. The quantitative estimate of drug-likeness (QED) is 0.844. The van der Waals surface area contributed by atoms with E-state index >= 15 is 0 Å².